The summed E-state index contributed by atoms with van der Waals surface area (Å²) in [4.78, 5) is 15.9. The number of rotatable bonds is 3. The number of aryl methyl sites for hydroxylation is 1. The van der Waals surface area contributed by atoms with Crippen LogP contribution in [-0.2, 0) is 0 Å². The molecule has 5 heteroatoms. The van der Waals surface area contributed by atoms with E-state index in [1.165, 1.54) is 12.8 Å². The molecule has 0 saturated heterocycles. The minimum absolute atomic E-state index is 0.260. The summed E-state index contributed by atoms with van der Waals surface area (Å²) in [6.07, 6.45) is 4.01. The molecule has 1 saturated carbocycles. The zero-order valence-corrected chi connectivity index (χ0v) is 11.5. The minimum Gasteiger partial charge on any atom is -0.307 e. The van der Waals surface area contributed by atoms with Gasteiger partial charge in [0, 0.05) is 11.9 Å². The summed E-state index contributed by atoms with van der Waals surface area (Å²) in [5.74, 6) is 0.809. The average molecular weight is 258 g/mol. The molecule has 1 aromatic heterocycles. The Hall–Kier alpha value is -2.04. The summed E-state index contributed by atoms with van der Waals surface area (Å²) in [5, 5.41) is 10.8. The number of hydrogen-bond donors (Lipinski definition) is 1. The first kappa shape index (κ1) is 13.4. The Morgan fingerprint density at radius 1 is 1.37 bits per heavy atom. The van der Waals surface area contributed by atoms with Gasteiger partial charge in [-0.2, -0.15) is 5.10 Å². The summed E-state index contributed by atoms with van der Waals surface area (Å²) in [6, 6.07) is 3.59. The molecule has 0 bridgehead atoms. The summed E-state index contributed by atoms with van der Waals surface area (Å²) < 4.78 is 0. The number of carbonyl (C=O) groups is 1. The van der Waals surface area contributed by atoms with Crippen molar-refractivity contribution in [2.45, 2.75) is 33.6 Å². The molecule has 1 aliphatic carbocycles. The van der Waals surface area contributed by atoms with Gasteiger partial charge in [-0.15, -0.1) is 5.10 Å². The van der Waals surface area contributed by atoms with Gasteiger partial charge in [0.2, 0.25) is 0 Å². The second kappa shape index (κ2) is 5.73. The van der Waals surface area contributed by atoms with Gasteiger partial charge >= 0.3 is 0 Å². The number of carbonyl (C=O) groups excluding carboxylic acids is 1. The van der Waals surface area contributed by atoms with Crippen LogP contribution in [0, 0.1) is 12.8 Å². The summed E-state index contributed by atoms with van der Waals surface area (Å²) in [6.45, 7) is 5.61. The van der Waals surface area contributed by atoms with Gasteiger partial charge in [-0.05, 0) is 57.2 Å². The highest BCUT2D eigenvalue weighted by Gasteiger charge is 2.24. The Bertz CT molecular complexity index is 544. The summed E-state index contributed by atoms with van der Waals surface area (Å²) in [7, 11) is 0. The highest BCUT2D eigenvalue weighted by atomic mass is 16.1. The molecule has 0 unspecified atom stereocenters. The minimum atomic E-state index is -0.260. The third-order valence-electron chi connectivity index (χ3n) is 2.97. The van der Waals surface area contributed by atoms with Gasteiger partial charge in [0.15, 0.2) is 0 Å². The molecule has 0 aromatic carbocycles. The highest BCUT2D eigenvalue weighted by molar-refractivity contribution is 6.04. The maximum absolute atomic E-state index is 11.9. The van der Waals surface area contributed by atoms with E-state index in [0.717, 1.165) is 11.3 Å². The van der Waals surface area contributed by atoms with E-state index >= 15 is 0 Å². The van der Waals surface area contributed by atoms with Crippen LogP contribution in [-0.4, -0.2) is 22.4 Å². The largest absolute Gasteiger partial charge is 0.307 e. The normalized spacial score (nSPS) is 16.4. The second-order valence-electron chi connectivity index (χ2n) is 4.87. The fourth-order valence-corrected chi connectivity index (χ4v) is 1.65. The Balaban J connectivity index is 1.98. The molecule has 0 aliphatic heterocycles. The Kier molecular flexibility index (Phi) is 4.04. The molecule has 19 heavy (non-hydrogen) atoms. The van der Waals surface area contributed by atoms with Crippen molar-refractivity contribution in [3.63, 3.8) is 0 Å². The molecule has 100 valence electrons. The van der Waals surface area contributed by atoms with Crippen molar-refractivity contribution in [3.05, 3.63) is 29.6 Å². The standard InChI is InChI=1S/C14H18N4O/c1-9-6-7-15-13(8-9)14(19)16-11(3)18-17-10(2)12-4-5-12/h6-8,12H,4-5H2,1-3H3,(H,16,18,19)/b17-10+. The van der Waals surface area contributed by atoms with Crippen molar-refractivity contribution in [2.24, 2.45) is 16.1 Å². The monoisotopic (exact) mass is 258 g/mol. The molecule has 5 nitrogen and oxygen atoms in total. The third-order valence-corrected chi connectivity index (χ3v) is 2.97. The molecule has 1 aromatic rings. The van der Waals surface area contributed by atoms with E-state index < -0.39 is 0 Å². The number of aromatic nitrogens is 1. The lowest BCUT2D eigenvalue weighted by molar-refractivity contribution is 0.0972. The topological polar surface area (TPSA) is 66.7 Å². The zero-order chi connectivity index (χ0) is 13.8. The molecule has 0 spiro atoms. The number of hydrogen-bond acceptors (Lipinski definition) is 4. The third kappa shape index (κ3) is 3.98. The van der Waals surface area contributed by atoms with Gasteiger partial charge in [0.05, 0.1) is 0 Å². The highest BCUT2D eigenvalue weighted by Crippen LogP contribution is 2.30. The zero-order valence-electron chi connectivity index (χ0n) is 11.5. The van der Waals surface area contributed by atoms with Crippen LogP contribution in [0.5, 0.6) is 0 Å². The van der Waals surface area contributed by atoms with E-state index in [4.69, 9.17) is 0 Å². The van der Waals surface area contributed by atoms with Crippen molar-refractivity contribution >= 4 is 17.5 Å². The SMILES string of the molecule is C/C(=N\N=C(/C)C1CC1)NC(=O)c1cc(C)ccn1. The molecule has 0 radical (unpaired) electrons. The van der Waals surface area contributed by atoms with Crippen LogP contribution in [0.3, 0.4) is 0 Å². The molecule has 1 fully saturated rings. The van der Waals surface area contributed by atoms with Gasteiger partial charge in [-0.3, -0.25) is 9.78 Å². The molecular formula is C14H18N4O. The van der Waals surface area contributed by atoms with E-state index in [1.54, 1.807) is 19.2 Å². The molecule has 1 aliphatic rings. The van der Waals surface area contributed by atoms with E-state index in [2.05, 4.69) is 20.5 Å². The van der Waals surface area contributed by atoms with Crippen molar-refractivity contribution < 1.29 is 4.79 Å². The first-order chi connectivity index (χ1) is 9.06. The number of amides is 1. The molecule has 0 atom stereocenters. The quantitative estimate of drug-likeness (QED) is 0.513. The lowest BCUT2D eigenvalue weighted by Crippen LogP contribution is -2.29. The van der Waals surface area contributed by atoms with E-state index in [0.29, 0.717) is 17.4 Å². The van der Waals surface area contributed by atoms with Crippen LogP contribution in [0.15, 0.2) is 28.5 Å². The van der Waals surface area contributed by atoms with Gasteiger partial charge < -0.3 is 5.32 Å². The Morgan fingerprint density at radius 3 is 2.74 bits per heavy atom. The number of nitrogens with one attached hydrogen (secondary N) is 1. The fraction of sp³-hybridized carbons (Fsp3) is 0.429. The van der Waals surface area contributed by atoms with Crippen LogP contribution in [0.4, 0.5) is 0 Å². The maximum Gasteiger partial charge on any atom is 0.275 e. The first-order valence-corrected chi connectivity index (χ1v) is 6.39. The molecular weight excluding hydrogens is 240 g/mol. The van der Waals surface area contributed by atoms with E-state index in [9.17, 15) is 4.79 Å². The molecule has 1 heterocycles. The number of pyridine rings is 1. The smallest absolute Gasteiger partial charge is 0.275 e. The van der Waals surface area contributed by atoms with Crippen LogP contribution < -0.4 is 5.32 Å². The number of amidine groups is 1. The molecule has 2 rings (SSSR count). The predicted octanol–water partition coefficient (Wildman–Crippen LogP) is 2.32. The van der Waals surface area contributed by atoms with Crippen LogP contribution in [0.1, 0.15) is 42.7 Å². The average Bonchev–Trinajstić information content (AvgIpc) is 3.20. The van der Waals surface area contributed by atoms with Crippen LogP contribution >= 0.6 is 0 Å². The van der Waals surface area contributed by atoms with E-state index in [1.807, 2.05) is 19.9 Å². The second-order valence-corrected chi connectivity index (χ2v) is 4.87. The van der Waals surface area contributed by atoms with Crippen LogP contribution in [0.25, 0.3) is 0 Å². The van der Waals surface area contributed by atoms with Gasteiger partial charge in [-0.1, -0.05) is 0 Å². The lowest BCUT2D eigenvalue weighted by atomic mass is 10.2. The fourth-order valence-electron chi connectivity index (χ4n) is 1.65. The van der Waals surface area contributed by atoms with Crippen molar-refractivity contribution in [2.75, 3.05) is 0 Å². The molecule has 1 amide bonds. The van der Waals surface area contributed by atoms with Crippen LogP contribution in [0.2, 0.25) is 0 Å². The van der Waals surface area contributed by atoms with Crippen molar-refractivity contribution in [1.29, 1.82) is 0 Å². The van der Waals surface area contributed by atoms with Crippen molar-refractivity contribution in [1.82, 2.24) is 10.3 Å². The van der Waals surface area contributed by atoms with Gasteiger partial charge in [0.1, 0.15) is 11.5 Å². The predicted molar refractivity (Wildman–Crippen MR) is 75.4 cm³/mol. The maximum atomic E-state index is 11.9. The van der Waals surface area contributed by atoms with Gasteiger partial charge in [-0.25, -0.2) is 0 Å². The Morgan fingerprint density at radius 2 is 2.11 bits per heavy atom. The summed E-state index contributed by atoms with van der Waals surface area (Å²) >= 11 is 0. The van der Waals surface area contributed by atoms with Gasteiger partial charge in [0.25, 0.3) is 5.91 Å². The Labute approximate surface area is 112 Å². The molecule has 1 N–H and O–H groups in total. The van der Waals surface area contributed by atoms with Crippen molar-refractivity contribution in [3.8, 4) is 0 Å². The lowest BCUT2D eigenvalue weighted by Gasteiger charge is -2.03. The number of nitrogens with zero attached hydrogens (tertiary/aromatic N) is 3. The first-order valence-electron chi connectivity index (χ1n) is 6.39. The van der Waals surface area contributed by atoms with E-state index in [-0.39, 0.29) is 5.91 Å². The summed E-state index contributed by atoms with van der Waals surface area (Å²) in [5.41, 5.74) is 2.41.